The molecular weight excluding hydrogens is 325 g/mol. The highest BCUT2D eigenvalue weighted by molar-refractivity contribution is 5.92. The number of hydrogen-bond acceptors (Lipinski definition) is 4. The van der Waals surface area contributed by atoms with Gasteiger partial charge in [-0.3, -0.25) is 0 Å². The van der Waals surface area contributed by atoms with E-state index in [0.717, 1.165) is 25.2 Å². The van der Waals surface area contributed by atoms with Crippen molar-refractivity contribution in [3.8, 4) is 5.75 Å². The molecule has 2 aromatic rings. The van der Waals surface area contributed by atoms with Crippen LogP contribution >= 0.6 is 0 Å². The standard InChI is InChI=1S/C14H15F3N6O/c15-14(16,17)24-10-4-1-3-9(7-10)20-13(18)19-8-12-22-21-11-5-2-6-23(11)12/h1,3-4,7H,2,5-6,8H2,(H3,18,19,20). The van der Waals surface area contributed by atoms with Gasteiger partial charge in [-0.15, -0.1) is 23.4 Å². The van der Waals surface area contributed by atoms with Crippen LogP contribution in [-0.4, -0.2) is 27.1 Å². The molecule has 1 aromatic carbocycles. The molecule has 0 spiro atoms. The number of nitrogens with one attached hydrogen (secondary N) is 1. The van der Waals surface area contributed by atoms with Gasteiger partial charge in [-0.2, -0.15) is 0 Å². The summed E-state index contributed by atoms with van der Waals surface area (Å²) in [7, 11) is 0. The number of halogens is 3. The molecule has 7 nitrogen and oxygen atoms in total. The van der Waals surface area contributed by atoms with E-state index in [-0.39, 0.29) is 18.3 Å². The number of aromatic nitrogens is 3. The molecule has 3 rings (SSSR count). The maximum Gasteiger partial charge on any atom is 0.573 e. The van der Waals surface area contributed by atoms with E-state index in [4.69, 9.17) is 5.73 Å². The highest BCUT2D eigenvalue weighted by Crippen LogP contribution is 2.25. The lowest BCUT2D eigenvalue weighted by Gasteiger charge is -2.11. The van der Waals surface area contributed by atoms with Crippen molar-refractivity contribution in [3.63, 3.8) is 0 Å². The van der Waals surface area contributed by atoms with Crippen LogP contribution in [0.25, 0.3) is 0 Å². The molecule has 3 N–H and O–H groups in total. The summed E-state index contributed by atoms with van der Waals surface area (Å²) < 4.78 is 42.5. The van der Waals surface area contributed by atoms with Crippen LogP contribution in [0.5, 0.6) is 5.75 Å². The second-order valence-corrected chi connectivity index (χ2v) is 5.19. The molecule has 1 aromatic heterocycles. The Bertz CT molecular complexity index is 755. The summed E-state index contributed by atoms with van der Waals surface area (Å²) in [6.07, 6.45) is -2.82. The number of anilines is 1. The lowest BCUT2D eigenvalue weighted by molar-refractivity contribution is -0.274. The molecule has 1 aliphatic heterocycles. The van der Waals surface area contributed by atoms with Crippen LogP contribution in [0.3, 0.4) is 0 Å². The fourth-order valence-corrected chi connectivity index (χ4v) is 2.44. The zero-order valence-electron chi connectivity index (χ0n) is 12.5. The molecule has 0 aliphatic carbocycles. The van der Waals surface area contributed by atoms with Crippen molar-refractivity contribution in [3.05, 3.63) is 35.9 Å². The SMILES string of the molecule is NC(=NCc1nnc2n1CCC2)Nc1cccc(OC(F)(F)F)c1. The first-order valence-electron chi connectivity index (χ1n) is 7.24. The van der Waals surface area contributed by atoms with Crippen LogP contribution in [-0.2, 0) is 19.5 Å². The van der Waals surface area contributed by atoms with Crippen molar-refractivity contribution in [1.82, 2.24) is 14.8 Å². The molecule has 0 saturated carbocycles. The van der Waals surface area contributed by atoms with Crippen molar-refractivity contribution in [2.45, 2.75) is 32.3 Å². The van der Waals surface area contributed by atoms with E-state index in [2.05, 4.69) is 25.2 Å². The summed E-state index contributed by atoms with van der Waals surface area (Å²) in [5, 5.41) is 10.8. The van der Waals surface area contributed by atoms with E-state index in [1.165, 1.54) is 18.2 Å². The molecular formula is C14H15F3N6O. The maximum absolute atomic E-state index is 12.2. The third-order valence-corrected chi connectivity index (χ3v) is 3.42. The third-order valence-electron chi connectivity index (χ3n) is 3.42. The third kappa shape index (κ3) is 3.94. The van der Waals surface area contributed by atoms with Crippen LogP contribution < -0.4 is 15.8 Å². The number of guanidine groups is 1. The largest absolute Gasteiger partial charge is 0.573 e. The van der Waals surface area contributed by atoms with Gasteiger partial charge in [0.1, 0.15) is 18.1 Å². The summed E-state index contributed by atoms with van der Waals surface area (Å²) in [6, 6.07) is 5.36. The van der Waals surface area contributed by atoms with Crippen LogP contribution in [0.2, 0.25) is 0 Å². The first-order chi connectivity index (χ1) is 11.4. The summed E-state index contributed by atoms with van der Waals surface area (Å²) in [5.41, 5.74) is 6.10. The first-order valence-corrected chi connectivity index (χ1v) is 7.24. The van der Waals surface area contributed by atoms with Gasteiger partial charge in [0.05, 0.1) is 0 Å². The van der Waals surface area contributed by atoms with Crippen molar-refractivity contribution >= 4 is 11.6 Å². The Hall–Kier alpha value is -2.78. The lowest BCUT2D eigenvalue weighted by atomic mass is 10.3. The van der Waals surface area contributed by atoms with Crippen LogP contribution in [0.15, 0.2) is 29.3 Å². The number of hydrogen-bond donors (Lipinski definition) is 2. The smallest absolute Gasteiger partial charge is 0.406 e. The van der Waals surface area contributed by atoms with E-state index >= 15 is 0 Å². The quantitative estimate of drug-likeness (QED) is 0.657. The van der Waals surface area contributed by atoms with Gasteiger partial charge in [0, 0.05) is 24.7 Å². The molecule has 1 aliphatic rings. The van der Waals surface area contributed by atoms with Crippen molar-refractivity contribution < 1.29 is 17.9 Å². The Morgan fingerprint density at radius 2 is 2.21 bits per heavy atom. The normalized spacial score (nSPS) is 14.5. The highest BCUT2D eigenvalue weighted by Gasteiger charge is 2.31. The van der Waals surface area contributed by atoms with Crippen molar-refractivity contribution in [2.24, 2.45) is 10.7 Å². The van der Waals surface area contributed by atoms with Crippen molar-refractivity contribution in [2.75, 3.05) is 5.32 Å². The molecule has 128 valence electrons. The number of benzene rings is 1. The van der Waals surface area contributed by atoms with E-state index in [0.29, 0.717) is 11.5 Å². The topological polar surface area (TPSA) is 90.4 Å². The van der Waals surface area contributed by atoms with Gasteiger partial charge < -0.3 is 20.4 Å². The molecule has 0 radical (unpaired) electrons. The van der Waals surface area contributed by atoms with Gasteiger partial charge in [0.15, 0.2) is 11.8 Å². The number of aryl methyl sites for hydroxylation is 1. The zero-order chi connectivity index (χ0) is 17.2. The number of fused-ring (bicyclic) bond motifs is 1. The number of nitrogens with two attached hydrogens (primary N) is 1. The predicted molar refractivity (Wildman–Crippen MR) is 80.4 cm³/mol. The van der Waals surface area contributed by atoms with Gasteiger partial charge in [0.2, 0.25) is 0 Å². The Labute approximate surface area is 135 Å². The van der Waals surface area contributed by atoms with Gasteiger partial charge in [-0.25, -0.2) is 4.99 Å². The van der Waals surface area contributed by atoms with E-state index in [9.17, 15) is 13.2 Å². The minimum Gasteiger partial charge on any atom is -0.406 e. The fraction of sp³-hybridized carbons (Fsp3) is 0.357. The van der Waals surface area contributed by atoms with Crippen LogP contribution in [0.1, 0.15) is 18.1 Å². The summed E-state index contributed by atoms with van der Waals surface area (Å²) in [6.45, 7) is 1.10. The first kappa shape index (κ1) is 16.1. The Morgan fingerprint density at radius 3 is 3.00 bits per heavy atom. The Balaban J connectivity index is 1.63. The number of alkyl halides is 3. The second kappa shape index (κ2) is 6.38. The molecule has 0 bridgehead atoms. The number of rotatable bonds is 4. The number of nitrogens with zero attached hydrogens (tertiary/aromatic N) is 4. The minimum absolute atomic E-state index is 0.0644. The van der Waals surface area contributed by atoms with Gasteiger partial charge >= 0.3 is 6.36 Å². The van der Waals surface area contributed by atoms with Gasteiger partial charge in [-0.05, 0) is 18.6 Å². The van der Waals surface area contributed by atoms with Crippen molar-refractivity contribution in [1.29, 1.82) is 0 Å². The molecule has 2 heterocycles. The predicted octanol–water partition coefficient (Wildman–Crippen LogP) is 2.05. The molecule has 24 heavy (non-hydrogen) atoms. The molecule has 0 atom stereocenters. The average Bonchev–Trinajstić information content (AvgIpc) is 3.07. The van der Waals surface area contributed by atoms with E-state index in [1.54, 1.807) is 6.07 Å². The van der Waals surface area contributed by atoms with Gasteiger partial charge in [-0.1, -0.05) is 6.07 Å². The summed E-state index contributed by atoms with van der Waals surface area (Å²) in [5.74, 6) is 1.37. The monoisotopic (exact) mass is 340 g/mol. The zero-order valence-corrected chi connectivity index (χ0v) is 12.5. The minimum atomic E-state index is -4.74. The van der Waals surface area contributed by atoms with Crippen LogP contribution in [0, 0.1) is 0 Å². The molecule has 0 amide bonds. The maximum atomic E-state index is 12.2. The fourth-order valence-electron chi connectivity index (χ4n) is 2.44. The molecule has 0 unspecified atom stereocenters. The number of aliphatic imine (C=N–C) groups is 1. The second-order valence-electron chi connectivity index (χ2n) is 5.19. The van der Waals surface area contributed by atoms with E-state index in [1.807, 2.05) is 4.57 Å². The van der Waals surface area contributed by atoms with Crippen LogP contribution in [0.4, 0.5) is 18.9 Å². The molecule has 0 fully saturated rings. The Morgan fingerprint density at radius 1 is 1.38 bits per heavy atom. The summed E-state index contributed by atoms with van der Waals surface area (Å²) >= 11 is 0. The van der Waals surface area contributed by atoms with E-state index < -0.39 is 6.36 Å². The average molecular weight is 340 g/mol. The molecule has 10 heteroatoms. The molecule has 0 saturated heterocycles. The number of ether oxygens (including phenoxy) is 1. The highest BCUT2D eigenvalue weighted by atomic mass is 19.4. The van der Waals surface area contributed by atoms with Gasteiger partial charge in [0.25, 0.3) is 0 Å². The lowest BCUT2D eigenvalue weighted by Crippen LogP contribution is -2.23. The Kier molecular flexibility index (Phi) is 4.28. The summed E-state index contributed by atoms with van der Waals surface area (Å²) in [4.78, 5) is 4.14.